The maximum Gasteiger partial charge on any atom is 0.0542 e. The Morgan fingerprint density at radius 3 is 1.50 bits per heavy atom. The van der Waals surface area contributed by atoms with E-state index < -0.39 is 11.3 Å². The molecule has 0 atom stereocenters. The molecule has 0 saturated carbocycles. The number of hydrogen-bond acceptors (Lipinski definition) is 1. The number of rotatable bonds is 0. The van der Waals surface area contributed by atoms with E-state index in [0.717, 1.165) is 0 Å². The Morgan fingerprint density at radius 1 is 1.38 bits per heavy atom. The average Bonchev–Trinajstić information content (AvgIpc) is 1.31. The van der Waals surface area contributed by atoms with Gasteiger partial charge in [-0.2, -0.15) is 0 Å². The molecule has 0 aliphatic heterocycles. The zero-order chi connectivity index (χ0) is 6.08. The molecule has 2 nitrogen and oxygen atoms in total. The van der Waals surface area contributed by atoms with Gasteiger partial charge in [0.05, 0.1) is 5.91 Å². The molecule has 49 valence electrons. The van der Waals surface area contributed by atoms with Gasteiger partial charge < -0.3 is 10.5 Å². The Bertz CT molecular complexity index is 84.9. The van der Waals surface area contributed by atoms with Crippen molar-refractivity contribution in [2.24, 2.45) is 5.41 Å². The minimum absolute atomic E-state index is 0. The number of carbonyl (C=O) groups excluding carboxylic acids is 1. The second-order valence-corrected chi connectivity index (χ2v) is 2.58. The average molecular weight is 286 g/mol. The second kappa shape index (κ2) is 3.22. The van der Waals surface area contributed by atoms with Crippen LogP contribution in [-0.2, 0) is 25.2 Å². The molecule has 0 bridgehead atoms. The fraction of sp³-hybridized carbons (Fsp3) is 0.800. The smallest absolute Gasteiger partial charge is 0.0542 e. The molecule has 0 aromatic heterocycles. The van der Waals surface area contributed by atoms with Crippen LogP contribution in [0.15, 0.2) is 0 Å². The van der Waals surface area contributed by atoms with Crippen LogP contribution in [0.1, 0.15) is 20.8 Å². The predicted octanol–water partition coefficient (Wildman–Crippen LogP) is 1.61. The van der Waals surface area contributed by atoms with Gasteiger partial charge in [-0.3, -0.25) is 0 Å². The predicted molar refractivity (Wildman–Crippen MR) is 28.8 cm³/mol. The van der Waals surface area contributed by atoms with Gasteiger partial charge in [-0.05, 0) is 0 Å². The second-order valence-electron chi connectivity index (χ2n) is 2.58. The molecule has 0 rings (SSSR count). The zero-order valence-corrected chi connectivity index (χ0v) is 8.00. The van der Waals surface area contributed by atoms with Crippen molar-refractivity contribution in [3.8, 4) is 0 Å². The SMILES string of the molecule is CC(C)(C)C([NH-])=O.[Re]. The molecular weight excluding hydrogens is 276 g/mol. The topological polar surface area (TPSA) is 40.9 Å². The van der Waals surface area contributed by atoms with Gasteiger partial charge in [0.1, 0.15) is 0 Å². The third kappa shape index (κ3) is 4.30. The van der Waals surface area contributed by atoms with Crippen LogP contribution in [-0.4, -0.2) is 5.91 Å². The number of carbonyl (C=O) groups is 1. The molecule has 0 unspecified atom stereocenters. The van der Waals surface area contributed by atoms with Crippen LogP contribution in [0.5, 0.6) is 0 Å². The third-order valence-corrected chi connectivity index (χ3v) is 0.681. The fourth-order valence-electron chi connectivity index (χ4n) is 0. The largest absolute Gasteiger partial charge is 0.667 e. The van der Waals surface area contributed by atoms with E-state index in [4.69, 9.17) is 5.73 Å². The summed E-state index contributed by atoms with van der Waals surface area (Å²) in [6, 6.07) is 0. The van der Waals surface area contributed by atoms with Crippen LogP contribution in [0.3, 0.4) is 0 Å². The van der Waals surface area contributed by atoms with Crippen LogP contribution >= 0.6 is 0 Å². The minimum Gasteiger partial charge on any atom is -0.667 e. The third-order valence-electron chi connectivity index (χ3n) is 0.681. The fourth-order valence-corrected chi connectivity index (χ4v) is 0. The standard InChI is InChI=1S/C5H11NO.Re/c1-5(2,3)4(6)7;/h1-3H3,(H2,6,7);/p-1. The van der Waals surface area contributed by atoms with Gasteiger partial charge >= 0.3 is 0 Å². The van der Waals surface area contributed by atoms with E-state index in [-0.39, 0.29) is 20.4 Å². The molecule has 0 saturated heterocycles. The monoisotopic (exact) mass is 287 g/mol. The van der Waals surface area contributed by atoms with Crippen molar-refractivity contribution >= 4 is 5.91 Å². The molecule has 1 amide bonds. The minimum atomic E-state index is -0.507. The van der Waals surface area contributed by atoms with E-state index in [9.17, 15) is 4.79 Å². The first-order chi connectivity index (χ1) is 2.94. The Kier molecular flexibility index (Phi) is 4.42. The van der Waals surface area contributed by atoms with E-state index in [2.05, 4.69) is 0 Å². The summed E-state index contributed by atoms with van der Waals surface area (Å²) < 4.78 is 0. The van der Waals surface area contributed by atoms with Crippen molar-refractivity contribution in [2.45, 2.75) is 20.8 Å². The van der Waals surface area contributed by atoms with Crippen LogP contribution in [0.25, 0.3) is 5.73 Å². The van der Waals surface area contributed by atoms with Crippen molar-refractivity contribution in [1.82, 2.24) is 0 Å². The van der Waals surface area contributed by atoms with E-state index in [1.54, 1.807) is 20.8 Å². The van der Waals surface area contributed by atoms with Gasteiger partial charge in [0, 0.05) is 25.8 Å². The maximum absolute atomic E-state index is 10.1. The zero-order valence-electron chi connectivity index (χ0n) is 5.29. The van der Waals surface area contributed by atoms with Gasteiger partial charge in [-0.1, -0.05) is 20.8 Å². The Morgan fingerprint density at radius 2 is 1.50 bits per heavy atom. The summed E-state index contributed by atoms with van der Waals surface area (Å²) in [6.07, 6.45) is 0. The van der Waals surface area contributed by atoms with E-state index in [1.807, 2.05) is 0 Å². The molecule has 0 aromatic rings. The summed E-state index contributed by atoms with van der Waals surface area (Å²) in [4.78, 5) is 10.1. The van der Waals surface area contributed by atoms with E-state index in [0.29, 0.717) is 0 Å². The number of amides is 1. The molecule has 1 radical (unpaired) electrons. The number of nitrogens with one attached hydrogen (secondary N) is 1. The molecule has 0 aliphatic carbocycles. The molecular formula is C5H10NORe-. The van der Waals surface area contributed by atoms with Crippen molar-refractivity contribution in [2.75, 3.05) is 0 Å². The van der Waals surface area contributed by atoms with E-state index >= 15 is 0 Å². The van der Waals surface area contributed by atoms with Crippen molar-refractivity contribution in [3.63, 3.8) is 0 Å². The maximum atomic E-state index is 10.1. The Hall–Kier alpha value is 0.132. The van der Waals surface area contributed by atoms with Gasteiger partial charge in [0.15, 0.2) is 0 Å². The first kappa shape index (κ1) is 11.0. The molecule has 0 aliphatic rings. The molecule has 0 aromatic carbocycles. The van der Waals surface area contributed by atoms with Crippen LogP contribution in [0, 0.1) is 5.41 Å². The summed E-state index contributed by atoms with van der Waals surface area (Å²) >= 11 is 0. The van der Waals surface area contributed by atoms with E-state index in [1.165, 1.54) is 0 Å². The Labute approximate surface area is 63.5 Å². The number of hydrogen-bond donors (Lipinski definition) is 0. The van der Waals surface area contributed by atoms with Crippen molar-refractivity contribution < 1.29 is 25.2 Å². The normalized spacial score (nSPS) is 9.88. The van der Waals surface area contributed by atoms with Crippen molar-refractivity contribution in [3.05, 3.63) is 5.73 Å². The molecule has 3 heteroatoms. The summed E-state index contributed by atoms with van der Waals surface area (Å²) in [5, 5.41) is 0. The molecule has 8 heavy (non-hydrogen) atoms. The van der Waals surface area contributed by atoms with Gasteiger partial charge in [0.25, 0.3) is 0 Å². The summed E-state index contributed by atoms with van der Waals surface area (Å²) in [5.41, 5.74) is 6.12. The molecule has 0 fully saturated rings. The first-order valence-corrected chi connectivity index (χ1v) is 2.20. The van der Waals surface area contributed by atoms with Crippen molar-refractivity contribution in [1.29, 1.82) is 0 Å². The van der Waals surface area contributed by atoms with Crippen LogP contribution < -0.4 is 0 Å². The van der Waals surface area contributed by atoms with Gasteiger partial charge in [-0.25, -0.2) is 0 Å². The summed E-state index contributed by atoms with van der Waals surface area (Å²) in [7, 11) is 0. The Balaban J connectivity index is 0. The van der Waals surface area contributed by atoms with Gasteiger partial charge in [0.2, 0.25) is 0 Å². The quantitative estimate of drug-likeness (QED) is 0.667. The molecule has 0 heterocycles. The summed E-state index contributed by atoms with van der Waals surface area (Å²) in [6.45, 7) is 5.17. The molecule has 1 N–H and O–H groups in total. The summed E-state index contributed by atoms with van der Waals surface area (Å²) in [5.74, 6) is -0.507. The van der Waals surface area contributed by atoms with Gasteiger partial charge in [-0.15, -0.1) is 0 Å². The molecule has 0 spiro atoms. The van der Waals surface area contributed by atoms with Crippen LogP contribution in [0.2, 0.25) is 0 Å². The van der Waals surface area contributed by atoms with Crippen LogP contribution in [0.4, 0.5) is 0 Å². The first-order valence-electron chi connectivity index (χ1n) is 2.20.